The van der Waals surface area contributed by atoms with Gasteiger partial charge in [0.25, 0.3) is 0 Å². The van der Waals surface area contributed by atoms with E-state index in [4.69, 9.17) is 0 Å². The maximum absolute atomic E-state index is 11.9. The van der Waals surface area contributed by atoms with E-state index in [0.29, 0.717) is 17.6 Å². The predicted octanol–water partition coefficient (Wildman–Crippen LogP) is 2.81. The topological polar surface area (TPSA) is 17.1 Å². The lowest BCUT2D eigenvalue weighted by Crippen LogP contribution is -2.37. The first-order valence-electron chi connectivity index (χ1n) is 5.19. The van der Waals surface area contributed by atoms with E-state index in [9.17, 15) is 4.79 Å². The van der Waals surface area contributed by atoms with Gasteiger partial charge in [0.15, 0.2) is 0 Å². The van der Waals surface area contributed by atoms with Crippen LogP contribution in [0.3, 0.4) is 0 Å². The van der Waals surface area contributed by atoms with E-state index in [2.05, 4.69) is 32.9 Å². The number of carbonyl (C=O) groups is 1. The van der Waals surface area contributed by atoms with E-state index in [1.165, 1.54) is 6.42 Å². The van der Waals surface area contributed by atoms with Crippen molar-refractivity contribution in [1.29, 1.82) is 0 Å². The van der Waals surface area contributed by atoms with Crippen LogP contribution in [-0.2, 0) is 4.79 Å². The smallest absolute Gasteiger partial charge is 0.137 e. The highest BCUT2D eigenvalue weighted by molar-refractivity contribution is 5.84. The fourth-order valence-corrected chi connectivity index (χ4v) is 2.95. The van der Waals surface area contributed by atoms with Gasteiger partial charge in [-0.25, -0.2) is 0 Å². The zero-order valence-corrected chi connectivity index (χ0v) is 8.71. The van der Waals surface area contributed by atoms with Gasteiger partial charge in [-0.3, -0.25) is 4.79 Å². The van der Waals surface area contributed by atoms with Crippen LogP contribution >= 0.6 is 0 Å². The molecule has 1 fully saturated rings. The third kappa shape index (κ3) is 1.45. The standard InChI is InChI=1S/C12H18O/c1-12(2,3)11-9-5-4-8(6-9)7-10(11)13/h4-5,8-9,11H,6-7H2,1-3H3/t8-,9+,11-/m1/s1. The van der Waals surface area contributed by atoms with Crippen LogP contribution < -0.4 is 0 Å². The SMILES string of the molecule is CC(C)(C)[C@H]1C(=O)C[C@@H]2C=C[C@H]1C2. The Morgan fingerprint density at radius 3 is 2.62 bits per heavy atom. The molecule has 0 aromatic carbocycles. The van der Waals surface area contributed by atoms with Crippen LogP contribution in [0, 0.1) is 23.2 Å². The van der Waals surface area contributed by atoms with Gasteiger partial charge in [0.2, 0.25) is 0 Å². The van der Waals surface area contributed by atoms with Gasteiger partial charge >= 0.3 is 0 Å². The minimum absolute atomic E-state index is 0.140. The highest BCUT2D eigenvalue weighted by atomic mass is 16.1. The van der Waals surface area contributed by atoms with Gasteiger partial charge in [-0.1, -0.05) is 32.9 Å². The third-order valence-corrected chi connectivity index (χ3v) is 3.38. The Balaban J connectivity index is 2.26. The molecule has 0 saturated heterocycles. The number of hydrogen-bond donors (Lipinski definition) is 0. The molecule has 0 aromatic heterocycles. The van der Waals surface area contributed by atoms with E-state index >= 15 is 0 Å². The molecule has 0 unspecified atom stereocenters. The summed E-state index contributed by atoms with van der Waals surface area (Å²) in [5, 5.41) is 0. The number of rotatable bonds is 0. The first-order valence-corrected chi connectivity index (χ1v) is 5.19. The molecule has 2 rings (SSSR count). The van der Waals surface area contributed by atoms with Gasteiger partial charge in [-0.05, 0) is 23.7 Å². The summed E-state index contributed by atoms with van der Waals surface area (Å²) in [6.45, 7) is 6.55. The van der Waals surface area contributed by atoms with Crippen LogP contribution in [0.1, 0.15) is 33.6 Å². The lowest BCUT2D eigenvalue weighted by molar-refractivity contribution is -0.130. The van der Waals surface area contributed by atoms with Gasteiger partial charge in [0.1, 0.15) is 5.78 Å². The second kappa shape index (κ2) is 2.70. The summed E-state index contributed by atoms with van der Waals surface area (Å²) in [6, 6.07) is 0. The molecular formula is C12H18O. The Bertz CT molecular complexity index is 257. The molecule has 0 amide bonds. The Morgan fingerprint density at radius 1 is 1.31 bits per heavy atom. The number of carbonyl (C=O) groups excluding carboxylic acids is 1. The fourth-order valence-electron chi connectivity index (χ4n) is 2.95. The molecule has 3 atom stereocenters. The first kappa shape index (κ1) is 8.98. The lowest BCUT2D eigenvalue weighted by atomic mass is 9.66. The predicted molar refractivity (Wildman–Crippen MR) is 53.3 cm³/mol. The van der Waals surface area contributed by atoms with Gasteiger partial charge in [0, 0.05) is 12.3 Å². The highest BCUT2D eigenvalue weighted by Gasteiger charge is 2.43. The molecular weight excluding hydrogens is 160 g/mol. The summed E-state index contributed by atoms with van der Waals surface area (Å²) in [7, 11) is 0. The van der Waals surface area contributed by atoms with Gasteiger partial charge in [-0.15, -0.1) is 0 Å². The molecule has 1 saturated carbocycles. The molecule has 2 bridgehead atoms. The van der Waals surface area contributed by atoms with Crippen molar-refractivity contribution in [2.75, 3.05) is 0 Å². The van der Waals surface area contributed by atoms with Crippen molar-refractivity contribution in [3.05, 3.63) is 12.2 Å². The van der Waals surface area contributed by atoms with E-state index in [0.717, 1.165) is 6.42 Å². The monoisotopic (exact) mass is 178 g/mol. The molecule has 1 heteroatoms. The molecule has 0 aromatic rings. The Morgan fingerprint density at radius 2 is 2.00 bits per heavy atom. The zero-order valence-electron chi connectivity index (χ0n) is 8.71. The minimum Gasteiger partial charge on any atom is -0.299 e. The average Bonchev–Trinajstić information content (AvgIpc) is 2.28. The van der Waals surface area contributed by atoms with Crippen molar-refractivity contribution >= 4 is 5.78 Å². The van der Waals surface area contributed by atoms with Crippen LogP contribution in [0.2, 0.25) is 0 Å². The number of allylic oxidation sites excluding steroid dienone is 2. The Labute approximate surface area is 80.2 Å². The summed E-state index contributed by atoms with van der Waals surface area (Å²) < 4.78 is 0. The summed E-state index contributed by atoms with van der Waals surface area (Å²) in [5.41, 5.74) is 0.140. The Kier molecular flexibility index (Phi) is 1.86. The first-order chi connectivity index (χ1) is 5.98. The highest BCUT2D eigenvalue weighted by Crippen LogP contribution is 2.45. The summed E-state index contributed by atoms with van der Waals surface area (Å²) >= 11 is 0. The molecule has 0 heterocycles. The molecule has 1 nitrogen and oxygen atoms in total. The quantitative estimate of drug-likeness (QED) is 0.521. The molecule has 0 aliphatic heterocycles. The van der Waals surface area contributed by atoms with Crippen molar-refractivity contribution < 1.29 is 4.79 Å². The lowest BCUT2D eigenvalue weighted by Gasteiger charge is -2.37. The number of ketones is 1. The van der Waals surface area contributed by atoms with Crippen LogP contribution in [0.25, 0.3) is 0 Å². The summed E-state index contributed by atoms with van der Waals surface area (Å²) in [5.74, 6) is 1.85. The van der Waals surface area contributed by atoms with E-state index in [1.807, 2.05) is 0 Å². The van der Waals surface area contributed by atoms with E-state index in [1.54, 1.807) is 0 Å². The van der Waals surface area contributed by atoms with Crippen molar-refractivity contribution in [2.45, 2.75) is 33.6 Å². The van der Waals surface area contributed by atoms with Gasteiger partial charge < -0.3 is 0 Å². The Hall–Kier alpha value is -0.590. The van der Waals surface area contributed by atoms with Crippen LogP contribution in [-0.4, -0.2) is 5.78 Å². The van der Waals surface area contributed by atoms with Crippen molar-refractivity contribution in [3.63, 3.8) is 0 Å². The fraction of sp³-hybridized carbons (Fsp3) is 0.750. The zero-order chi connectivity index (χ0) is 9.64. The van der Waals surface area contributed by atoms with Crippen LogP contribution in [0.15, 0.2) is 12.2 Å². The van der Waals surface area contributed by atoms with E-state index < -0.39 is 0 Å². The summed E-state index contributed by atoms with van der Waals surface area (Å²) in [6.07, 6.45) is 6.52. The van der Waals surface area contributed by atoms with Crippen LogP contribution in [0.5, 0.6) is 0 Å². The molecule has 0 radical (unpaired) electrons. The normalized spacial score (nSPS) is 38.4. The largest absolute Gasteiger partial charge is 0.299 e. The third-order valence-electron chi connectivity index (χ3n) is 3.38. The second-order valence-electron chi connectivity index (χ2n) is 5.56. The van der Waals surface area contributed by atoms with Gasteiger partial charge in [-0.2, -0.15) is 0 Å². The minimum atomic E-state index is 0.140. The molecule has 0 spiro atoms. The number of hydrogen-bond acceptors (Lipinski definition) is 1. The molecule has 0 N–H and O–H groups in total. The molecule has 2 aliphatic carbocycles. The summed E-state index contributed by atoms with van der Waals surface area (Å²) in [4.78, 5) is 11.9. The van der Waals surface area contributed by atoms with Crippen molar-refractivity contribution in [3.8, 4) is 0 Å². The second-order valence-corrected chi connectivity index (χ2v) is 5.56. The van der Waals surface area contributed by atoms with Crippen molar-refractivity contribution in [1.82, 2.24) is 0 Å². The maximum atomic E-state index is 11.9. The number of fused-ring (bicyclic) bond motifs is 2. The molecule has 13 heavy (non-hydrogen) atoms. The molecule has 72 valence electrons. The maximum Gasteiger partial charge on any atom is 0.137 e. The average molecular weight is 178 g/mol. The van der Waals surface area contributed by atoms with E-state index in [-0.39, 0.29) is 11.3 Å². The molecule has 2 aliphatic rings. The van der Waals surface area contributed by atoms with Gasteiger partial charge in [0.05, 0.1) is 0 Å². The number of Topliss-reactive ketones (excluding diaryl/α,β-unsaturated/α-hetero) is 1. The van der Waals surface area contributed by atoms with Crippen molar-refractivity contribution in [2.24, 2.45) is 23.2 Å². The van der Waals surface area contributed by atoms with Crippen LogP contribution in [0.4, 0.5) is 0 Å².